The number of likely N-dealkylation sites (N-methyl/N-ethyl adjacent to an activating group) is 1. The fourth-order valence-electron chi connectivity index (χ4n) is 2.08. The third kappa shape index (κ3) is 3.17. The Kier molecular flexibility index (Phi) is 4.50. The molecule has 1 N–H and O–H groups in total. The van der Waals surface area contributed by atoms with Crippen LogP contribution in [0.1, 0.15) is 12.0 Å². The minimum Gasteiger partial charge on any atom is -0.351 e. The Labute approximate surface area is 125 Å². The molecule has 1 fully saturated rings. The van der Waals surface area contributed by atoms with E-state index < -0.39 is 38.6 Å². The average molecular weight is 339 g/mol. The zero-order valence-corrected chi connectivity index (χ0v) is 12.6. The Bertz CT molecular complexity index is 681. The minimum absolute atomic E-state index is 0.0898. The summed E-state index contributed by atoms with van der Waals surface area (Å²) >= 11 is 5.64. The van der Waals surface area contributed by atoms with Gasteiger partial charge >= 0.3 is 0 Å². The molecular formula is C12H13ClF2N2O3S. The van der Waals surface area contributed by atoms with Crippen molar-refractivity contribution in [2.75, 3.05) is 12.8 Å². The molecule has 1 aromatic rings. The van der Waals surface area contributed by atoms with E-state index in [1.807, 2.05) is 0 Å². The summed E-state index contributed by atoms with van der Waals surface area (Å²) in [6, 6.07) is 1.38. The van der Waals surface area contributed by atoms with Crippen LogP contribution in [0.4, 0.5) is 8.78 Å². The molecule has 1 atom stereocenters. The molecule has 0 saturated carbocycles. The molecule has 9 heteroatoms. The molecule has 116 valence electrons. The van der Waals surface area contributed by atoms with Crippen LogP contribution in [0.5, 0.6) is 0 Å². The molecule has 0 bridgehead atoms. The molecule has 1 aromatic carbocycles. The summed E-state index contributed by atoms with van der Waals surface area (Å²) in [4.78, 5) is 12.0. The molecule has 0 unspecified atom stereocenters. The number of halogens is 3. The third-order valence-corrected chi connectivity index (χ3v) is 5.69. The molecule has 0 aliphatic carbocycles. The fraction of sp³-hybridized carbons (Fsp3) is 0.417. The van der Waals surface area contributed by atoms with Crippen LogP contribution in [0.2, 0.25) is 5.02 Å². The van der Waals surface area contributed by atoms with Crippen molar-refractivity contribution in [3.05, 3.63) is 34.4 Å². The molecule has 1 aliphatic rings. The smallest absolute Gasteiger partial charge is 0.238 e. The number of rotatable bonds is 3. The van der Waals surface area contributed by atoms with Gasteiger partial charge in [0.05, 0.1) is 10.8 Å². The Hall–Kier alpha value is -1.25. The Morgan fingerprint density at radius 3 is 2.71 bits per heavy atom. The largest absolute Gasteiger partial charge is 0.351 e. The van der Waals surface area contributed by atoms with Gasteiger partial charge in [0, 0.05) is 13.6 Å². The van der Waals surface area contributed by atoms with E-state index >= 15 is 0 Å². The van der Waals surface area contributed by atoms with E-state index in [4.69, 9.17) is 11.6 Å². The molecule has 5 nitrogen and oxygen atoms in total. The number of hydrogen-bond acceptors (Lipinski definition) is 3. The summed E-state index contributed by atoms with van der Waals surface area (Å²) in [5, 5.41) is 2.08. The molecule has 1 amide bonds. The van der Waals surface area contributed by atoms with Gasteiger partial charge in [-0.05, 0) is 18.1 Å². The highest BCUT2D eigenvalue weighted by molar-refractivity contribution is 7.89. The van der Waals surface area contributed by atoms with Crippen molar-refractivity contribution in [1.29, 1.82) is 0 Å². The van der Waals surface area contributed by atoms with Gasteiger partial charge in [-0.1, -0.05) is 17.7 Å². The van der Waals surface area contributed by atoms with Gasteiger partial charge < -0.3 is 5.32 Å². The van der Waals surface area contributed by atoms with E-state index in [0.717, 1.165) is 10.4 Å². The summed E-state index contributed by atoms with van der Waals surface area (Å²) in [5.74, 6) is -2.84. The predicted molar refractivity (Wildman–Crippen MR) is 73.2 cm³/mol. The maximum atomic E-state index is 13.3. The first-order valence-electron chi connectivity index (χ1n) is 6.10. The number of nitrogens with one attached hydrogen (secondary N) is 1. The molecule has 0 spiro atoms. The highest BCUT2D eigenvalue weighted by Crippen LogP contribution is 2.23. The lowest BCUT2D eigenvalue weighted by Crippen LogP contribution is -2.42. The van der Waals surface area contributed by atoms with E-state index in [9.17, 15) is 22.0 Å². The van der Waals surface area contributed by atoms with Crippen molar-refractivity contribution < 1.29 is 22.0 Å². The van der Waals surface area contributed by atoms with Gasteiger partial charge in [0.15, 0.2) is 11.6 Å². The number of hydrogen-bond donors (Lipinski definition) is 1. The van der Waals surface area contributed by atoms with Crippen LogP contribution < -0.4 is 5.32 Å². The van der Waals surface area contributed by atoms with Crippen LogP contribution in [-0.2, 0) is 21.4 Å². The zero-order valence-electron chi connectivity index (χ0n) is 11.1. The monoisotopic (exact) mass is 338 g/mol. The second kappa shape index (κ2) is 5.86. The van der Waals surface area contributed by atoms with Crippen molar-refractivity contribution in [3.8, 4) is 0 Å². The van der Waals surface area contributed by atoms with Crippen molar-refractivity contribution in [1.82, 2.24) is 9.62 Å². The zero-order chi connectivity index (χ0) is 15.8. The second-order valence-electron chi connectivity index (χ2n) is 4.69. The molecular weight excluding hydrogens is 326 g/mol. The lowest BCUT2D eigenvalue weighted by Gasteiger charge is -2.17. The van der Waals surface area contributed by atoms with Gasteiger partial charge in [-0.3, -0.25) is 4.79 Å². The Morgan fingerprint density at radius 2 is 2.14 bits per heavy atom. The lowest BCUT2D eigenvalue weighted by atomic mass is 10.2. The summed E-state index contributed by atoms with van der Waals surface area (Å²) in [7, 11) is -2.06. The van der Waals surface area contributed by atoms with Gasteiger partial charge in [-0.2, -0.15) is 4.31 Å². The van der Waals surface area contributed by atoms with E-state index in [1.165, 1.54) is 13.1 Å². The summed E-state index contributed by atoms with van der Waals surface area (Å²) in [6.45, 7) is -0.112. The maximum absolute atomic E-state index is 13.3. The van der Waals surface area contributed by atoms with Gasteiger partial charge in [-0.15, -0.1) is 0 Å². The van der Waals surface area contributed by atoms with Gasteiger partial charge in [-0.25, -0.2) is 17.2 Å². The lowest BCUT2D eigenvalue weighted by molar-refractivity contribution is -0.124. The molecule has 1 heterocycles. The van der Waals surface area contributed by atoms with Crippen molar-refractivity contribution in [2.24, 2.45) is 0 Å². The van der Waals surface area contributed by atoms with Crippen molar-refractivity contribution in [3.63, 3.8) is 0 Å². The van der Waals surface area contributed by atoms with Crippen LogP contribution in [0, 0.1) is 11.6 Å². The number of nitrogens with zero attached hydrogens (tertiary/aromatic N) is 1. The number of carbonyl (C=O) groups is 1. The summed E-state index contributed by atoms with van der Waals surface area (Å²) < 4.78 is 50.2. The Balaban J connectivity index is 2.04. The van der Waals surface area contributed by atoms with E-state index in [-0.39, 0.29) is 24.3 Å². The molecule has 1 saturated heterocycles. The topological polar surface area (TPSA) is 66.5 Å². The first kappa shape index (κ1) is 16.1. The van der Waals surface area contributed by atoms with Crippen LogP contribution in [0.15, 0.2) is 12.1 Å². The second-order valence-corrected chi connectivity index (χ2v) is 7.21. The minimum atomic E-state index is -3.39. The standard InChI is InChI=1S/C12H13ClF2N2O3S/c1-17-9(4-5-21(17,19)20)12(18)16-6-7-2-3-8(14)11(15)10(7)13/h2-3,9H,4-6H2,1H3,(H,16,18)/t9-/m0/s1. The summed E-state index contributed by atoms with van der Waals surface area (Å²) in [6.07, 6.45) is 0.191. The van der Waals surface area contributed by atoms with Crippen LogP contribution >= 0.6 is 11.6 Å². The molecule has 21 heavy (non-hydrogen) atoms. The third-order valence-electron chi connectivity index (χ3n) is 3.40. The van der Waals surface area contributed by atoms with Gasteiger partial charge in [0.25, 0.3) is 0 Å². The normalized spacial score (nSPS) is 21.4. The number of sulfonamides is 1. The first-order chi connectivity index (χ1) is 9.74. The predicted octanol–water partition coefficient (Wildman–Crippen LogP) is 1.27. The van der Waals surface area contributed by atoms with E-state index in [0.29, 0.717) is 0 Å². The van der Waals surface area contributed by atoms with Crippen LogP contribution in [0.3, 0.4) is 0 Å². The summed E-state index contributed by atoms with van der Waals surface area (Å²) in [5.41, 5.74) is 0.215. The van der Waals surface area contributed by atoms with Crippen molar-refractivity contribution in [2.45, 2.75) is 19.0 Å². The van der Waals surface area contributed by atoms with Gasteiger partial charge in [0.1, 0.15) is 6.04 Å². The number of amides is 1. The quantitative estimate of drug-likeness (QED) is 0.844. The maximum Gasteiger partial charge on any atom is 0.238 e. The van der Waals surface area contributed by atoms with Crippen LogP contribution in [0.25, 0.3) is 0 Å². The number of carbonyl (C=O) groups excluding carboxylic acids is 1. The highest BCUT2D eigenvalue weighted by atomic mass is 35.5. The fourth-order valence-corrected chi connectivity index (χ4v) is 3.70. The van der Waals surface area contributed by atoms with Crippen LogP contribution in [-0.4, -0.2) is 37.5 Å². The van der Waals surface area contributed by atoms with Crippen molar-refractivity contribution >= 4 is 27.5 Å². The molecule has 0 radical (unpaired) electrons. The SMILES string of the molecule is CN1[C@H](C(=O)NCc2ccc(F)c(F)c2Cl)CCS1(=O)=O. The van der Waals surface area contributed by atoms with E-state index in [1.54, 1.807) is 0 Å². The molecule has 1 aliphatic heterocycles. The average Bonchev–Trinajstić information content (AvgIpc) is 2.70. The van der Waals surface area contributed by atoms with Gasteiger partial charge in [0.2, 0.25) is 15.9 Å². The first-order valence-corrected chi connectivity index (χ1v) is 8.08. The molecule has 2 rings (SSSR count). The molecule has 0 aromatic heterocycles. The number of benzene rings is 1. The van der Waals surface area contributed by atoms with E-state index in [2.05, 4.69) is 5.32 Å². The highest BCUT2D eigenvalue weighted by Gasteiger charge is 2.38. The Morgan fingerprint density at radius 1 is 1.48 bits per heavy atom.